The Morgan fingerprint density at radius 3 is 1.57 bits per heavy atom. The van der Waals surface area contributed by atoms with Crippen LogP contribution in [0, 0.1) is 0 Å². The van der Waals surface area contributed by atoms with Crippen molar-refractivity contribution in [3.8, 4) is 0 Å². The SMILES string of the molecule is CC/C=C\C/C=C\C/C=C\C/C=C\CCCCCOCC(COP(=O)(O)OCC(O)CO)OC(=O)CCCCCCCCCCCCCCCCCCC. The molecule has 0 saturated carbocycles. The van der Waals surface area contributed by atoms with E-state index < -0.39 is 39.2 Å². The molecule has 0 amide bonds. The molecule has 316 valence electrons. The average molecular weight is 785 g/mol. The number of rotatable bonds is 41. The lowest BCUT2D eigenvalue weighted by Crippen LogP contribution is -2.29. The first kappa shape index (κ1) is 52.4. The van der Waals surface area contributed by atoms with Crippen molar-refractivity contribution in [3.63, 3.8) is 0 Å². The maximum absolute atomic E-state index is 12.6. The number of carbonyl (C=O) groups is 1. The van der Waals surface area contributed by atoms with Crippen molar-refractivity contribution in [1.29, 1.82) is 0 Å². The molecule has 9 nitrogen and oxygen atoms in total. The van der Waals surface area contributed by atoms with Crippen LogP contribution in [0.25, 0.3) is 0 Å². The predicted molar refractivity (Wildman–Crippen MR) is 223 cm³/mol. The zero-order chi connectivity index (χ0) is 39.6. The molecule has 0 aliphatic carbocycles. The van der Waals surface area contributed by atoms with E-state index in [2.05, 4.69) is 62.5 Å². The highest BCUT2D eigenvalue weighted by Gasteiger charge is 2.26. The molecule has 0 bridgehead atoms. The van der Waals surface area contributed by atoms with Gasteiger partial charge in [0.2, 0.25) is 0 Å². The number of phosphoric ester groups is 1. The van der Waals surface area contributed by atoms with Gasteiger partial charge in [-0.25, -0.2) is 4.57 Å². The minimum Gasteiger partial charge on any atom is -0.457 e. The van der Waals surface area contributed by atoms with Crippen molar-refractivity contribution in [2.75, 3.05) is 33.0 Å². The highest BCUT2D eigenvalue weighted by molar-refractivity contribution is 7.47. The molecule has 10 heteroatoms. The molecule has 0 aromatic carbocycles. The fraction of sp³-hybridized carbons (Fsp3) is 0.795. The fourth-order valence-electron chi connectivity index (χ4n) is 5.76. The van der Waals surface area contributed by atoms with Crippen molar-refractivity contribution in [3.05, 3.63) is 48.6 Å². The first-order chi connectivity index (χ1) is 26.3. The molecule has 0 aliphatic rings. The third-order valence-corrected chi connectivity index (χ3v) is 9.98. The van der Waals surface area contributed by atoms with Crippen LogP contribution in [-0.2, 0) is 27.9 Å². The van der Waals surface area contributed by atoms with E-state index in [1.165, 1.54) is 89.9 Å². The second kappa shape index (κ2) is 41.1. The number of phosphoric acid groups is 1. The Morgan fingerprint density at radius 1 is 0.593 bits per heavy atom. The topological polar surface area (TPSA) is 132 Å². The van der Waals surface area contributed by atoms with Crippen LogP contribution in [0.2, 0.25) is 0 Å². The van der Waals surface area contributed by atoms with Gasteiger partial charge in [0.1, 0.15) is 12.2 Å². The van der Waals surface area contributed by atoms with Crippen molar-refractivity contribution in [2.45, 2.75) is 193 Å². The minimum absolute atomic E-state index is 0.0287. The number of unbranched alkanes of at least 4 members (excludes halogenated alkanes) is 19. The summed E-state index contributed by atoms with van der Waals surface area (Å²) in [5, 5.41) is 18.3. The Kier molecular flexibility index (Phi) is 39.9. The third kappa shape index (κ3) is 40.1. The molecular formula is C44H81O9P. The first-order valence-electron chi connectivity index (χ1n) is 21.6. The Morgan fingerprint density at radius 2 is 1.06 bits per heavy atom. The molecule has 3 N–H and O–H groups in total. The summed E-state index contributed by atoms with van der Waals surface area (Å²) in [6, 6.07) is 0. The van der Waals surface area contributed by atoms with Crippen LogP contribution in [0.5, 0.6) is 0 Å². The third-order valence-electron chi connectivity index (χ3n) is 9.03. The van der Waals surface area contributed by atoms with Gasteiger partial charge >= 0.3 is 13.8 Å². The van der Waals surface area contributed by atoms with Gasteiger partial charge in [-0.15, -0.1) is 0 Å². The molecule has 0 aromatic heterocycles. The molecule has 3 unspecified atom stereocenters. The zero-order valence-electron chi connectivity index (χ0n) is 34.4. The molecule has 0 saturated heterocycles. The quantitative estimate of drug-likeness (QED) is 0.0240. The second-order valence-corrected chi connectivity index (χ2v) is 15.8. The Labute approximate surface area is 330 Å². The standard InChI is InChI=1S/C44H81O9P/c1-3-5-7-9-11-13-15-17-19-21-22-24-26-28-30-32-34-36-44(47)53-43(41-52-54(48,49)51-39-42(46)38-45)40-50-37-35-33-31-29-27-25-23-20-18-16-14-12-10-8-6-4-2/h6,8,12,14,18,20,25,27,42-43,45-46H,3-5,7,9-11,13,15-17,19,21-24,26,28-41H2,1-2H3,(H,48,49)/b8-6-,14-12-,20-18-,27-25-. The van der Waals surface area contributed by atoms with E-state index in [0.717, 1.165) is 70.6 Å². The van der Waals surface area contributed by atoms with Crippen LogP contribution in [0.4, 0.5) is 0 Å². The van der Waals surface area contributed by atoms with Crippen LogP contribution in [0.1, 0.15) is 181 Å². The monoisotopic (exact) mass is 785 g/mol. The van der Waals surface area contributed by atoms with Gasteiger partial charge in [0.05, 0.1) is 26.4 Å². The second-order valence-electron chi connectivity index (χ2n) is 14.3. The van der Waals surface area contributed by atoms with E-state index in [4.69, 9.17) is 23.6 Å². The summed E-state index contributed by atoms with van der Waals surface area (Å²) in [5.41, 5.74) is 0. The zero-order valence-corrected chi connectivity index (χ0v) is 35.3. The molecule has 0 rings (SSSR count). The van der Waals surface area contributed by atoms with Gasteiger partial charge < -0.3 is 24.6 Å². The lowest BCUT2D eigenvalue weighted by atomic mass is 10.0. The minimum atomic E-state index is -4.52. The van der Waals surface area contributed by atoms with E-state index >= 15 is 0 Å². The van der Waals surface area contributed by atoms with E-state index in [9.17, 15) is 19.4 Å². The number of carbonyl (C=O) groups excluding carboxylic acids is 1. The summed E-state index contributed by atoms with van der Waals surface area (Å²) >= 11 is 0. The summed E-state index contributed by atoms with van der Waals surface area (Å²) in [6.45, 7) is 3.34. The number of aliphatic hydroxyl groups excluding tert-OH is 2. The smallest absolute Gasteiger partial charge is 0.457 e. The molecule has 3 atom stereocenters. The molecule has 54 heavy (non-hydrogen) atoms. The highest BCUT2D eigenvalue weighted by atomic mass is 31.2. The van der Waals surface area contributed by atoms with Crippen LogP contribution >= 0.6 is 7.82 Å². The normalized spacial score (nSPS) is 14.5. The Hall–Kier alpha value is -1.58. The van der Waals surface area contributed by atoms with Gasteiger partial charge in [-0.3, -0.25) is 13.8 Å². The van der Waals surface area contributed by atoms with Crippen molar-refractivity contribution >= 4 is 13.8 Å². The number of hydrogen-bond acceptors (Lipinski definition) is 8. The number of ether oxygens (including phenoxy) is 2. The molecule has 0 aromatic rings. The van der Waals surface area contributed by atoms with Gasteiger partial charge in [0.25, 0.3) is 0 Å². The van der Waals surface area contributed by atoms with Crippen molar-refractivity contribution in [2.24, 2.45) is 0 Å². The number of aliphatic hydroxyl groups is 2. The van der Waals surface area contributed by atoms with Crippen molar-refractivity contribution < 1.29 is 43.0 Å². The lowest BCUT2D eigenvalue weighted by Gasteiger charge is -2.20. The van der Waals surface area contributed by atoms with Gasteiger partial charge in [-0.1, -0.05) is 172 Å². The molecular weight excluding hydrogens is 703 g/mol. The van der Waals surface area contributed by atoms with E-state index in [1.54, 1.807) is 0 Å². The van der Waals surface area contributed by atoms with Gasteiger partial charge in [-0.05, 0) is 51.4 Å². The maximum Gasteiger partial charge on any atom is 0.472 e. The largest absolute Gasteiger partial charge is 0.472 e. The number of esters is 1. The highest BCUT2D eigenvalue weighted by Crippen LogP contribution is 2.43. The molecule has 0 fully saturated rings. The van der Waals surface area contributed by atoms with E-state index in [1.807, 2.05) is 0 Å². The van der Waals surface area contributed by atoms with Crippen molar-refractivity contribution in [1.82, 2.24) is 0 Å². The van der Waals surface area contributed by atoms with Gasteiger partial charge in [0, 0.05) is 13.0 Å². The van der Waals surface area contributed by atoms with E-state index in [-0.39, 0.29) is 19.6 Å². The fourth-order valence-corrected chi connectivity index (χ4v) is 6.55. The molecule has 0 heterocycles. The number of allylic oxidation sites excluding steroid dienone is 8. The maximum atomic E-state index is 12.6. The van der Waals surface area contributed by atoms with Crippen LogP contribution in [0.15, 0.2) is 48.6 Å². The number of hydrogen-bond donors (Lipinski definition) is 3. The van der Waals surface area contributed by atoms with Crippen LogP contribution < -0.4 is 0 Å². The summed E-state index contributed by atoms with van der Waals surface area (Å²) in [6.07, 6.45) is 45.0. The lowest BCUT2D eigenvalue weighted by molar-refractivity contribution is -0.154. The van der Waals surface area contributed by atoms with Gasteiger partial charge in [-0.2, -0.15) is 0 Å². The summed E-state index contributed by atoms with van der Waals surface area (Å²) in [7, 11) is -4.52. The van der Waals surface area contributed by atoms with Crippen LogP contribution in [-0.4, -0.2) is 66.3 Å². The molecule has 0 radical (unpaired) electrons. The molecule has 0 aliphatic heterocycles. The summed E-state index contributed by atoms with van der Waals surface area (Å²) in [4.78, 5) is 22.6. The molecule has 0 spiro atoms. The van der Waals surface area contributed by atoms with Crippen LogP contribution in [0.3, 0.4) is 0 Å². The summed E-state index contributed by atoms with van der Waals surface area (Å²) in [5.74, 6) is -0.393. The average Bonchev–Trinajstić information content (AvgIpc) is 3.16. The van der Waals surface area contributed by atoms with Gasteiger partial charge in [0.15, 0.2) is 0 Å². The summed E-state index contributed by atoms with van der Waals surface area (Å²) < 4.78 is 33.3. The Bertz CT molecular complexity index is 981. The van der Waals surface area contributed by atoms with E-state index in [0.29, 0.717) is 6.61 Å². The Balaban J connectivity index is 4.21. The first-order valence-corrected chi connectivity index (χ1v) is 23.1. The predicted octanol–water partition coefficient (Wildman–Crippen LogP) is 11.8.